The fourth-order valence-electron chi connectivity index (χ4n) is 2.94. The zero-order chi connectivity index (χ0) is 14.3. The molecule has 0 radical (unpaired) electrons. The van der Waals surface area contributed by atoms with E-state index in [0.717, 1.165) is 21.6 Å². The third kappa shape index (κ3) is 3.08. The summed E-state index contributed by atoms with van der Waals surface area (Å²) in [7, 11) is -3.38. The number of rotatable bonds is 7. The van der Waals surface area contributed by atoms with Crippen molar-refractivity contribution in [3.05, 3.63) is 15.8 Å². The summed E-state index contributed by atoms with van der Waals surface area (Å²) in [5.41, 5.74) is 5.59. The molecule has 20 heavy (non-hydrogen) atoms. The molecule has 1 aromatic heterocycles. The van der Waals surface area contributed by atoms with E-state index in [2.05, 4.69) is 4.72 Å². The van der Waals surface area contributed by atoms with E-state index in [1.54, 1.807) is 6.07 Å². The Balaban J connectivity index is 1.69. The van der Waals surface area contributed by atoms with Gasteiger partial charge in [-0.1, -0.05) is 0 Å². The Morgan fingerprint density at radius 2 is 1.95 bits per heavy atom. The van der Waals surface area contributed by atoms with Gasteiger partial charge >= 0.3 is 0 Å². The van der Waals surface area contributed by atoms with Crippen molar-refractivity contribution in [2.45, 2.75) is 44.0 Å². The Morgan fingerprint density at radius 3 is 2.40 bits per heavy atom. The van der Waals surface area contributed by atoms with Gasteiger partial charge in [0.2, 0.25) is 10.0 Å². The van der Waals surface area contributed by atoms with E-state index >= 15 is 0 Å². The van der Waals surface area contributed by atoms with Crippen molar-refractivity contribution < 1.29 is 8.42 Å². The van der Waals surface area contributed by atoms with E-state index < -0.39 is 10.0 Å². The van der Waals surface area contributed by atoms with Gasteiger partial charge in [0.05, 0.1) is 4.90 Å². The molecule has 0 aromatic carbocycles. The van der Waals surface area contributed by atoms with Crippen LogP contribution in [0.5, 0.6) is 0 Å². The molecule has 0 unspecified atom stereocenters. The van der Waals surface area contributed by atoms with Crippen molar-refractivity contribution in [1.29, 1.82) is 0 Å². The average Bonchev–Trinajstić information content (AvgIpc) is 3.29. The molecule has 2 saturated carbocycles. The maximum absolute atomic E-state index is 12.4. The Kier molecular flexibility index (Phi) is 3.92. The van der Waals surface area contributed by atoms with Crippen LogP contribution in [0.15, 0.2) is 11.0 Å². The minimum absolute atomic E-state index is 0.397. The van der Waals surface area contributed by atoms with Gasteiger partial charge in [-0.15, -0.1) is 11.3 Å². The molecule has 2 aliphatic carbocycles. The normalized spacial score (nSPS) is 19.8. The Bertz CT molecular complexity index is 574. The lowest BCUT2D eigenvalue weighted by Crippen LogP contribution is -2.31. The molecule has 0 aliphatic heterocycles. The lowest BCUT2D eigenvalue weighted by Gasteiger charge is -2.16. The Hall–Kier alpha value is -0.430. The van der Waals surface area contributed by atoms with Gasteiger partial charge in [0.15, 0.2) is 0 Å². The van der Waals surface area contributed by atoms with Gasteiger partial charge < -0.3 is 5.73 Å². The van der Waals surface area contributed by atoms with Crippen LogP contribution in [0.3, 0.4) is 0 Å². The highest BCUT2D eigenvalue weighted by molar-refractivity contribution is 7.89. The number of thiophene rings is 1. The van der Waals surface area contributed by atoms with E-state index in [9.17, 15) is 8.42 Å². The first-order valence-electron chi connectivity index (χ1n) is 7.30. The SMILES string of the molecule is Cc1sc(CN)cc1S(=O)(=O)NCC(C1CC1)C1CC1. The third-order valence-electron chi connectivity index (χ3n) is 4.38. The molecular weight excluding hydrogens is 292 g/mol. The fraction of sp³-hybridized carbons (Fsp3) is 0.714. The first kappa shape index (κ1) is 14.5. The van der Waals surface area contributed by atoms with Crippen LogP contribution in [0.1, 0.15) is 35.4 Å². The van der Waals surface area contributed by atoms with E-state index in [4.69, 9.17) is 5.73 Å². The molecular formula is C14H22N2O2S2. The van der Waals surface area contributed by atoms with Crippen LogP contribution in [-0.2, 0) is 16.6 Å². The standard InChI is InChI=1S/C14H22N2O2S2/c1-9-14(6-12(7-15)19-9)20(17,18)16-8-13(10-2-3-10)11-4-5-11/h6,10-11,13,16H,2-5,7-8,15H2,1H3. The summed E-state index contributed by atoms with van der Waals surface area (Å²) in [6, 6.07) is 1.71. The van der Waals surface area contributed by atoms with Gasteiger partial charge in [0, 0.05) is 22.8 Å². The van der Waals surface area contributed by atoms with Crippen LogP contribution >= 0.6 is 11.3 Å². The van der Waals surface area contributed by atoms with Crippen LogP contribution in [0.4, 0.5) is 0 Å². The van der Waals surface area contributed by atoms with Crippen LogP contribution < -0.4 is 10.5 Å². The summed E-state index contributed by atoms with van der Waals surface area (Å²) in [4.78, 5) is 2.16. The maximum Gasteiger partial charge on any atom is 0.241 e. The van der Waals surface area contributed by atoms with Crippen molar-refractivity contribution in [3.8, 4) is 0 Å². The topological polar surface area (TPSA) is 72.2 Å². The van der Waals surface area contributed by atoms with Crippen LogP contribution in [-0.4, -0.2) is 15.0 Å². The van der Waals surface area contributed by atoms with Crippen molar-refractivity contribution in [2.75, 3.05) is 6.54 Å². The van der Waals surface area contributed by atoms with E-state index in [-0.39, 0.29) is 0 Å². The van der Waals surface area contributed by atoms with Gasteiger partial charge in [-0.05, 0) is 56.4 Å². The molecule has 1 heterocycles. The molecule has 2 aliphatic rings. The summed E-state index contributed by atoms with van der Waals surface area (Å²) in [5.74, 6) is 2.07. The number of hydrogen-bond donors (Lipinski definition) is 2. The molecule has 0 amide bonds. The second-order valence-corrected chi connectivity index (χ2v) is 9.10. The smallest absolute Gasteiger partial charge is 0.241 e. The second kappa shape index (κ2) is 5.40. The Labute approximate surface area is 124 Å². The average molecular weight is 314 g/mol. The van der Waals surface area contributed by atoms with Gasteiger partial charge in [-0.3, -0.25) is 0 Å². The van der Waals surface area contributed by atoms with E-state index in [0.29, 0.717) is 23.9 Å². The van der Waals surface area contributed by atoms with Crippen molar-refractivity contribution >= 4 is 21.4 Å². The molecule has 0 atom stereocenters. The van der Waals surface area contributed by atoms with Crippen molar-refractivity contribution in [2.24, 2.45) is 23.5 Å². The molecule has 6 heteroatoms. The first-order valence-corrected chi connectivity index (χ1v) is 9.60. The molecule has 3 N–H and O–H groups in total. The second-order valence-electron chi connectivity index (χ2n) is 6.03. The fourth-order valence-corrected chi connectivity index (χ4v) is 5.53. The zero-order valence-corrected chi connectivity index (χ0v) is 13.4. The first-order chi connectivity index (χ1) is 9.51. The minimum atomic E-state index is -3.38. The summed E-state index contributed by atoms with van der Waals surface area (Å²) in [5, 5.41) is 0. The predicted molar refractivity (Wildman–Crippen MR) is 81.1 cm³/mol. The van der Waals surface area contributed by atoms with E-state index in [1.807, 2.05) is 6.92 Å². The lowest BCUT2D eigenvalue weighted by atomic mass is 9.99. The van der Waals surface area contributed by atoms with Gasteiger partial charge in [0.25, 0.3) is 0 Å². The molecule has 4 nitrogen and oxygen atoms in total. The lowest BCUT2D eigenvalue weighted by molar-refractivity contribution is 0.401. The predicted octanol–water partition coefficient (Wildman–Crippen LogP) is 2.23. The van der Waals surface area contributed by atoms with Crippen LogP contribution in [0.25, 0.3) is 0 Å². The van der Waals surface area contributed by atoms with Crippen LogP contribution in [0.2, 0.25) is 0 Å². The summed E-state index contributed by atoms with van der Waals surface area (Å²) in [6.07, 6.45) is 5.10. The summed E-state index contributed by atoms with van der Waals surface area (Å²) >= 11 is 1.47. The number of aryl methyl sites for hydroxylation is 1. The zero-order valence-electron chi connectivity index (χ0n) is 11.8. The third-order valence-corrected chi connectivity index (χ3v) is 7.13. The summed E-state index contributed by atoms with van der Waals surface area (Å²) < 4.78 is 27.7. The molecule has 3 rings (SSSR count). The molecule has 2 fully saturated rings. The quantitative estimate of drug-likeness (QED) is 0.810. The highest BCUT2D eigenvalue weighted by atomic mass is 32.2. The number of sulfonamides is 1. The van der Waals surface area contributed by atoms with Gasteiger partial charge in [-0.2, -0.15) is 0 Å². The van der Waals surface area contributed by atoms with Crippen LogP contribution in [0, 0.1) is 24.7 Å². The highest BCUT2D eigenvalue weighted by Crippen LogP contribution is 2.48. The van der Waals surface area contributed by atoms with Crippen molar-refractivity contribution in [1.82, 2.24) is 4.72 Å². The minimum Gasteiger partial charge on any atom is -0.326 e. The highest BCUT2D eigenvalue weighted by Gasteiger charge is 2.41. The van der Waals surface area contributed by atoms with Crippen molar-refractivity contribution in [3.63, 3.8) is 0 Å². The monoisotopic (exact) mass is 314 g/mol. The largest absolute Gasteiger partial charge is 0.326 e. The molecule has 1 aromatic rings. The summed E-state index contributed by atoms with van der Waals surface area (Å²) in [6.45, 7) is 2.84. The van der Waals surface area contributed by atoms with Gasteiger partial charge in [-0.25, -0.2) is 13.1 Å². The van der Waals surface area contributed by atoms with Gasteiger partial charge in [0.1, 0.15) is 0 Å². The number of hydrogen-bond acceptors (Lipinski definition) is 4. The number of nitrogens with two attached hydrogens (primary N) is 1. The maximum atomic E-state index is 12.4. The molecule has 0 bridgehead atoms. The molecule has 112 valence electrons. The number of nitrogens with one attached hydrogen (secondary N) is 1. The Morgan fingerprint density at radius 1 is 1.35 bits per heavy atom. The van der Waals surface area contributed by atoms with E-state index in [1.165, 1.54) is 37.0 Å². The molecule has 0 saturated heterocycles. The molecule has 0 spiro atoms.